The van der Waals surface area contributed by atoms with Crippen molar-refractivity contribution in [3.8, 4) is 12.3 Å². The van der Waals surface area contributed by atoms with E-state index in [1.165, 1.54) is 25.7 Å². The molecule has 0 aromatic rings. The third-order valence-corrected chi connectivity index (χ3v) is 4.33. The zero-order valence-electron chi connectivity index (χ0n) is 11.7. The van der Waals surface area contributed by atoms with Crippen molar-refractivity contribution in [3.63, 3.8) is 0 Å². The summed E-state index contributed by atoms with van der Waals surface area (Å²) in [6.07, 6.45) is 11.0. The van der Waals surface area contributed by atoms with Crippen LogP contribution in [0.3, 0.4) is 0 Å². The maximum absolute atomic E-state index is 5.96. The maximum Gasteiger partial charge on any atom is 0.0304 e. The van der Waals surface area contributed by atoms with Gasteiger partial charge in [0.25, 0.3) is 0 Å². The average Bonchev–Trinajstić information content (AvgIpc) is 2.29. The minimum atomic E-state index is 0.151. The molecule has 2 heteroatoms. The van der Waals surface area contributed by atoms with Crippen molar-refractivity contribution < 1.29 is 0 Å². The second-order valence-electron chi connectivity index (χ2n) is 6.51. The van der Waals surface area contributed by atoms with Gasteiger partial charge >= 0.3 is 0 Å². The van der Waals surface area contributed by atoms with Crippen LogP contribution in [-0.2, 0) is 0 Å². The summed E-state index contributed by atoms with van der Waals surface area (Å²) in [5.41, 5.74) is 6.54. The number of rotatable bonds is 4. The van der Waals surface area contributed by atoms with E-state index in [0.29, 0.717) is 5.41 Å². The summed E-state index contributed by atoms with van der Waals surface area (Å²) in [7, 11) is 0. The number of nitrogens with one attached hydrogen (secondary N) is 1. The highest BCUT2D eigenvalue weighted by Crippen LogP contribution is 2.41. The molecule has 0 aromatic heterocycles. The first kappa shape index (κ1) is 14.5. The average molecular weight is 236 g/mol. The van der Waals surface area contributed by atoms with Crippen LogP contribution < -0.4 is 11.1 Å². The second-order valence-corrected chi connectivity index (χ2v) is 6.51. The maximum atomic E-state index is 5.96. The lowest BCUT2D eigenvalue weighted by Crippen LogP contribution is -2.54. The van der Waals surface area contributed by atoms with Crippen molar-refractivity contribution in [2.75, 3.05) is 13.1 Å². The summed E-state index contributed by atoms with van der Waals surface area (Å²) in [6, 6.07) is 0. The highest BCUT2D eigenvalue weighted by molar-refractivity contribution is 4.97. The standard InChI is InChI=1S/C15H28N2/c1-5-6-11-17-15(12-16)9-7-13(8-10-15)14(2,3)4/h1,13,17H,6-12,16H2,2-4H3. The Morgan fingerprint density at radius 2 is 1.94 bits per heavy atom. The van der Waals surface area contributed by atoms with Gasteiger partial charge in [-0.15, -0.1) is 12.3 Å². The molecule has 0 heterocycles. The normalized spacial score (nSPS) is 29.9. The quantitative estimate of drug-likeness (QED) is 0.581. The Hall–Kier alpha value is -0.520. The van der Waals surface area contributed by atoms with Gasteiger partial charge in [-0.25, -0.2) is 0 Å². The number of hydrogen-bond donors (Lipinski definition) is 2. The molecule has 3 N–H and O–H groups in total. The lowest BCUT2D eigenvalue weighted by atomic mass is 9.67. The zero-order chi connectivity index (χ0) is 12.9. The molecule has 0 aliphatic heterocycles. The molecule has 0 radical (unpaired) electrons. The lowest BCUT2D eigenvalue weighted by molar-refractivity contribution is 0.118. The molecule has 17 heavy (non-hydrogen) atoms. The van der Waals surface area contributed by atoms with Crippen LogP contribution in [-0.4, -0.2) is 18.6 Å². The molecular formula is C15H28N2. The molecule has 0 saturated heterocycles. The van der Waals surface area contributed by atoms with Crippen molar-refractivity contribution in [1.29, 1.82) is 0 Å². The highest BCUT2D eigenvalue weighted by Gasteiger charge is 2.37. The van der Waals surface area contributed by atoms with Gasteiger partial charge < -0.3 is 11.1 Å². The Kier molecular flexibility index (Phi) is 5.04. The van der Waals surface area contributed by atoms with E-state index in [-0.39, 0.29) is 5.54 Å². The first-order valence-electron chi connectivity index (χ1n) is 6.82. The molecule has 0 atom stereocenters. The van der Waals surface area contributed by atoms with E-state index in [1.54, 1.807) is 0 Å². The number of terminal acetylenes is 1. The summed E-state index contributed by atoms with van der Waals surface area (Å²) < 4.78 is 0. The predicted molar refractivity (Wildman–Crippen MR) is 74.7 cm³/mol. The molecule has 1 aliphatic rings. The molecule has 2 nitrogen and oxygen atoms in total. The molecule has 98 valence electrons. The SMILES string of the molecule is C#CCCNC1(CN)CCC(C(C)(C)C)CC1. The molecule has 0 spiro atoms. The second kappa shape index (κ2) is 5.89. The molecule has 0 amide bonds. The van der Waals surface area contributed by atoms with E-state index >= 15 is 0 Å². The molecule has 1 aliphatic carbocycles. The Labute approximate surface area is 107 Å². The summed E-state index contributed by atoms with van der Waals surface area (Å²) in [6.45, 7) is 8.67. The Morgan fingerprint density at radius 3 is 2.35 bits per heavy atom. The molecule has 0 aromatic carbocycles. The van der Waals surface area contributed by atoms with Crippen LogP contribution >= 0.6 is 0 Å². The van der Waals surface area contributed by atoms with Gasteiger partial charge in [-0.1, -0.05) is 20.8 Å². The van der Waals surface area contributed by atoms with Crippen LogP contribution in [0.5, 0.6) is 0 Å². The lowest BCUT2D eigenvalue weighted by Gasteiger charge is -2.44. The summed E-state index contributed by atoms with van der Waals surface area (Å²) >= 11 is 0. The third-order valence-electron chi connectivity index (χ3n) is 4.33. The number of hydrogen-bond acceptors (Lipinski definition) is 2. The van der Waals surface area contributed by atoms with Crippen LogP contribution in [0.15, 0.2) is 0 Å². The fraction of sp³-hybridized carbons (Fsp3) is 0.867. The Balaban J connectivity index is 2.49. The highest BCUT2D eigenvalue weighted by atomic mass is 15.0. The van der Waals surface area contributed by atoms with Gasteiger partial charge in [-0.2, -0.15) is 0 Å². The van der Waals surface area contributed by atoms with Crippen LogP contribution in [0.1, 0.15) is 52.9 Å². The van der Waals surface area contributed by atoms with Crippen LogP contribution in [0.4, 0.5) is 0 Å². The van der Waals surface area contributed by atoms with E-state index in [4.69, 9.17) is 12.2 Å². The number of nitrogens with two attached hydrogens (primary N) is 1. The fourth-order valence-electron chi connectivity index (χ4n) is 2.89. The van der Waals surface area contributed by atoms with Crippen molar-refractivity contribution >= 4 is 0 Å². The molecular weight excluding hydrogens is 208 g/mol. The van der Waals surface area contributed by atoms with Crippen molar-refractivity contribution in [3.05, 3.63) is 0 Å². The van der Waals surface area contributed by atoms with E-state index < -0.39 is 0 Å². The fourth-order valence-corrected chi connectivity index (χ4v) is 2.89. The molecule has 1 saturated carbocycles. The zero-order valence-corrected chi connectivity index (χ0v) is 11.7. The molecule has 1 rings (SSSR count). The summed E-state index contributed by atoms with van der Waals surface area (Å²) in [5, 5.41) is 3.59. The van der Waals surface area contributed by atoms with E-state index in [9.17, 15) is 0 Å². The van der Waals surface area contributed by atoms with Crippen LogP contribution in [0.25, 0.3) is 0 Å². The predicted octanol–water partition coefficient (Wildman–Crippen LogP) is 2.53. The Bertz CT molecular complexity index is 262. The van der Waals surface area contributed by atoms with Gasteiger partial charge in [-0.05, 0) is 37.0 Å². The van der Waals surface area contributed by atoms with Crippen molar-refractivity contribution in [1.82, 2.24) is 5.32 Å². The molecule has 1 fully saturated rings. The van der Waals surface area contributed by atoms with Crippen LogP contribution in [0, 0.1) is 23.7 Å². The van der Waals surface area contributed by atoms with Crippen LogP contribution in [0.2, 0.25) is 0 Å². The Morgan fingerprint density at radius 1 is 1.35 bits per heavy atom. The van der Waals surface area contributed by atoms with Gasteiger partial charge in [0.1, 0.15) is 0 Å². The smallest absolute Gasteiger partial charge is 0.0304 e. The minimum Gasteiger partial charge on any atom is -0.329 e. The first-order valence-corrected chi connectivity index (χ1v) is 6.82. The van der Waals surface area contributed by atoms with Gasteiger partial charge in [0.2, 0.25) is 0 Å². The van der Waals surface area contributed by atoms with E-state index in [0.717, 1.165) is 25.4 Å². The van der Waals surface area contributed by atoms with Gasteiger partial charge in [0.05, 0.1) is 0 Å². The topological polar surface area (TPSA) is 38.0 Å². The monoisotopic (exact) mass is 236 g/mol. The largest absolute Gasteiger partial charge is 0.329 e. The minimum absolute atomic E-state index is 0.151. The van der Waals surface area contributed by atoms with Gasteiger partial charge in [0.15, 0.2) is 0 Å². The van der Waals surface area contributed by atoms with Gasteiger partial charge in [0, 0.05) is 25.0 Å². The van der Waals surface area contributed by atoms with Gasteiger partial charge in [-0.3, -0.25) is 0 Å². The molecule has 0 bridgehead atoms. The third kappa shape index (κ3) is 4.01. The van der Waals surface area contributed by atoms with Crippen molar-refractivity contribution in [2.45, 2.75) is 58.4 Å². The summed E-state index contributed by atoms with van der Waals surface area (Å²) in [4.78, 5) is 0. The van der Waals surface area contributed by atoms with Crippen molar-refractivity contribution in [2.24, 2.45) is 17.1 Å². The summed E-state index contributed by atoms with van der Waals surface area (Å²) in [5.74, 6) is 3.51. The molecule has 0 unspecified atom stereocenters. The first-order chi connectivity index (χ1) is 7.93. The van der Waals surface area contributed by atoms with E-state index in [1.807, 2.05) is 0 Å². The van der Waals surface area contributed by atoms with E-state index in [2.05, 4.69) is 32.0 Å².